The lowest BCUT2D eigenvalue weighted by Crippen LogP contribution is -2.26. The summed E-state index contributed by atoms with van der Waals surface area (Å²) in [5, 5.41) is 11.7. The molecule has 0 radical (unpaired) electrons. The van der Waals surface area contributed by atoms with Crippen LogP contribution in [0.4, 0.5) is 29.3 Å². The lowest BCUT2D eigenvalue weighted by atomic mass is 10.2. The van der Waals surface area contributed by atoms with Gasteiger partial charge in [-0.05, 0) is 36.4 Å². The molecule has 0 bridgehead atoms. The number of carbonyl (C=O) groups is 1. The van der Waals surface area contributed by atoms with E-state index in [0.717, 1.165) is 28.6 Å². The largest absolute Gasteiger partial charge is 0.505 e. The van der Waals surface area contributed by atoms with E-state index in [9.17, 15) is 23.1 Å². The molecule has 128 valence electrons. The molecule has 0 aliphatic carbocycles. The van der Waals surface area contributed by atoms with Crippen LogP contribution in [0.15, 0.2) is 36.4 Å². The minimum Gasteiger partial charge on any atom is -0.505 e. The zero-order valence-corrected chi connectivity index (χ0v) is 14.0. The molecule has 2 N–H and O–H groups in total. The molecule has 2 aromatic rings. The van der Waals surface area contributed by atoms with Gasteiger partial charge >= 0.3 is 12.2 Å². The van der Waals surface area contributed by atoms with Crippen molar-refractivity contribution in [2.45, 2.75) is 6.18 Å². The number of nitrogens with one attached hydrogen (secondary N) is 1. The van der Waals surface area contributed by atoms with Crippen molar-refractivity contribution in [3.8, 4) is 5.75 Å². The van der Waals surface area contributed by atoms with Crippen molar-refractivity contribution in [1.29, 1.82) is 0 Å². The van der Waals surface area contributed by atoms with Crippen LogP contribution >= 0.6 is 36.0 Å². The molecule has 2 rings (SSSR count). The number of urea groups is 1. The molecule has 0 heterocycles. The molecule has 0 aromatic heterocycles. The molecule has 0 saturated carbocycles. The summed E-state index contributed by atoms with van der Waals surface area (Å²) in [6, 6.07) is 5.65. The SMILES string of the molecule is O=C(Nc1ccc(C(F)(F)F)cc1)N(S)c1cc(Cl)c(O)c(Cl)c1. The third-order valence-electron chi connectivity index (χ3n) is 2.90. The van der Waals surface area contributed by atoms with E-state index in [1.165, 1.54) is 12.1 Å². The third-order valence-corrected chi connectivity index (χ3v) is 3.89. The van der Waals surface area contributed by atoms with Gasteiger partial charge in [-0.15, -0.1) is 0 Å². The van der Waals surface area contributed by atoms with E-state index in [-0.39, 0.29) is 27.2 Å². The zero-order chi connectivity index (χ0) is 18.1. The predicted molar refractivity (Wildman–Crippen MR) is 90.1 cm³/mol. The molecule has 0 saturated heterocycles. The summed E-state index contributed by atoms with van der Waals surface area (Å²) in [6.45, 7) is 0. The second kappa shape index (κ2) is 7.00. The van der Waals surface area contributed by atoms with Gasteiger partial charge in [0.25, 0.3) is 0 Å². The number of phenols is 1. The Labute approximate surface area is 150 Å². The lowest BCUT2D eigenvalue weighted by Gasteiger charge is -2.18. The fourth-order valence-corrected chi connectivity index (χ4v) is 2.35. The summed E-state index contributed by atoms with van der Waals surface area (Å²) in [5.74, 6) is -0.341. The first-order valence-corrected chi connectivity index (χ1v) is 7.40. The Morgan fingerprint density at radius 2 is 1.62 bits per heavy atom. The molecule has 24 heavy (non-hydrogen) atoms. The van der Waals surface area contributed by atoms with Gasteiger partial charge in [0.2, 0.25) is 0 Å². The van der Waals surface area contributed by atoms with Crippen LogP contribution in [0.2, 0.25) is 10.0 Å². The normalized spacial score (nSPS) is 11.2. The van der Waals surface area contributed by atoms with E-state index in [2.05, 4.69) is 18.1 Å². The number of rotatable bonds is 2. The molecule has 0 fully saturated rings. The molecule has 0 aliphatic heterocycles. The Kier molecular flexibility index (Phi) is 5.42. The zero-order valence-electron chi connectivity index (χ0n) is 11.6. The Morgan fingerprint density at radius 1 is 1.12 bits per heavy atom. The summed E-state index contributed by atoms with van der Waals surface area (Å²) < 4.78 is 38.3. The van der Waals surface area contributed by atoms with Crippen LogP contribution in [0.5, 0.6) is 5.75 Å². The highest BCUT2D eigenvalue weighted by Crippen LogP contribution is 2.36. The molecule has 10 heteroatoms. The summed E-state index contributed by atoms with van der Waals surface area (Å²) in [7, 11) is 0. The van der Waals surface area contributed by atoms with E-state index in [1.54, 1.807) is 0 Å². The quantitative estimate of drug-likeness (QED) is 0.578. The maximum Gasteiger partial charge on any atom is 0.416 e. The van der Waals surface area contributed by atoms with Crippen molar-refractivity contribution < 1.29 is 23.1 Å². The van der Waals surface area contributed by atoms with Crippen molar-refractivity contribution in [1.82, 2.24) is 0 Å². The van der Waals surface area contributed by atoms with Crippen LogP contribution in [-0.4, -0.2) is 11.1 Å². The molecule has 2 aromatic carbocycles. The summed E-state index contributed by atoms with van der Waals surface area (Å²) >= 11 is 15.5. The Bertz CT molecular complexity index is 747. The van der Waals surface area contributed by atoms with Crippen LogP contribution in [-0.2, 0) is 6.18 Å². The number of nitrogens with zero attached hydrogens (tertiary/aromatic N) is 1. The number of halogens is 5. The second-order valence-corrected chi connectivity index (χ2v) is 5.79. The summed E-state index contributed by atoms with van der Waals surface area (Å²) in [5.41, 5.74) is -0.529. The van der Waals surface area contributed by atoms with Crippen LogP contribution in [0.1, 0.15) is 5.56 Å². The molecule has 0 atom stereocenters. The Hall–Kier alpha value is -1.77. The maximum atomic E-state index is 12.5. The van der Waals surface area contributed by atoms with Gasteiger partial charge < -0.3 is 10.4 Å². The number of hydrogen-bond acceptors (Lipinski definition) is 3. The average molecular weight is 397 g/mol. The number of phenolic OH excluding ortho intramolecular Hbond substituents is 1. The van der Waals surface area contributed by atoms with Crippen LogP contribution in [0, 0.1) is 0 Å². The number of benzene rings is 2. The van der Waals surface area contributed by atoms with Gasteiger partial charge in [-0.1, -0.05) is 36.0 Å². The van der Waals surface area contributed by atoms with Gasteiger partial charge in [0.1, 0.15) is 0 Å². The van der Waals surface area contributed by atoms with Gasteiger partial charge in [0, 0.05) is 5.69 Å². The summed E-state index contributed by atoms with van der Waals surface area (Å²) in [4.78, 5) is 12.1. The van der Waals surface area contributed by atoms with Crippen LogP contribution in [0.25, 0.3) is 0 Å². The van der Waals surface area contributed by atoms with Gasteiger partial charge in [-0.3, -0.25) is 0 Å². The first-order chi connectivity index (χ1) is 11.1. The first kappa shape index (κ1) is 18.6. The van der Waals surface area contributed by atoms with Gasteiger partial charge in [-0.2, -0.15) is 13.2 Å². The number of carbonyl (C=O) groups excluding carboxylic acids is 1. The smallest absolute Gasteiger partial charge is 0.416 e. The topological polar surface area (TPSA) is 52.6 Å². The highest BCUT2D eigenvalue weighted by molar-refractivity contribution is 7.82. The van der Waals surface area contributed by atoms with Crippen LogP contribution < -0.4 is 9.62 Å². The van der Waals surface area contributed by atoms with E-state index in [0.29, 0.717) is 0 Å². The van der Waals surface area contributed by atoms with Gasteiger partial charge in [-0.25, -0.2) is 9.10 Å². The number of amides is 2. The van der Waals surface area contributed by atoms with Crippen molar-refractivity contribution in [3.63, 3.8) is 0 Å². The molecule has 2 amide bonds. The monoisotopic (exact) mass is 396 g/mol. The maximum absolute atomic E-state index is 12.5. The number of anilines is 2. The number of hydrogen-bond donors (Lipinski definition) is 3. The Morgan fingerprint density at radius 3 is 2.08 bits per heavy atom. The molecule has 0 unspecified atom stereocenters. The average Bonchev–Trinajstić information content (AvgIpc) is 2.51. The minimum atomic E-state index is -4.46. The van der Waals surface area contributed by atoms with E-state index in [4.69, 9.17) is 23.2 Å². The van der Waals surface area contributed by atoms with E-state index < -0.39 is 17.8 Å². The highest BCUT2D eigenvalue weighted by Gasteiger charge is 2.30. The standard InChI is InChI=1S/C14H9Cl2F3N2O2S/c15-10-5-9(6-11(16)12(10)22)21(24)13(23)20-8-3-1-7(2-4-8)14(17,18)19/h1-6,22,24H,(H,20,23). The molecule has 0 aliphatic rings. The lowest BCUT2D eigenvalue weighted by molar-refractivity contribution is -0.137. The third kappa shape index (κ3) is 4.19. The van der Waals surface area contributed by atoms with Crippen molar-refractivity contribution in [2.75, 3.05) is 9.62 Å². The van der Waals surface area contributed by atoms with Crippen molar-refractivity contribution in [2.24, 2.45) is 0 Å². The number of aromatic hydroxyl groups is 1. The van der Waals surface area contributed by atoms with E-state index in [1.807, 2.05) is 0 Å². The van der Waals surface area contributed by atoms with Crippen molar-refractivity contribution >= 4 is 53.4 Å². The van der Waals surface area contributed by atoms with E-state index >= 15 is 0 Å². The minimum absolute atomic E-state index is 0.0844. The molecular weight excluding hydrogens is 388 g/mol. The number of alkyl halides is 3. The summed E-state index contributed by atoms with van der Waals surface area (Å²) in [6.07, 6.45) is -4.46. The van der Waals surface area contributed by atoms with Gasteiger partial charge in [0.15, 0.2) is 5.75 Å². The number of thiol groups is 1. The highest BCUT2D eigenvalue weighted by atomic mass is 35.5. The van der Waals surface area contributed by atoms with Gasteiger partial charge in [0.05, 0.1) is 21.3 Å². The molecular formula is C14H9Cl2F3N2O2S. The molecule has 4 nitrogen and oxygen atoms in total. The second-order valence-electron chi connectivity index (χ2n) is 4.58. The molecule has 0 spiro atoms. The fraction of sp³-hybridized carbons (Fsp3) is 0.0714. The fourth-order valence-electron chi connectivity index (χ4n) is 1.71. The van der Waals surface area contributed by atoms with Crippen molar-refractivity contribution in [3.05, 3.63) is 52.0 Å². The Balaban J connectivity index is 2.14. The van der Waals surface area contributed by atoms with Crippen LogP contribution in [0.3, 0.4) is 0 Å². The first-order valence-electron chi connectivity index (χ1n) is 6.25. The predicted octanol–water partition coefficient (Wildman–Crippen LogP) is 5.60.